The molecule has 1 heterocycles. The van der Waals surface area contributed by atoms with E-state index in [1.807, 2.05) is 11.4 Å². The summed E-state index contributed by atoms with van der Waals surface area (Å²) in [5, 5.41) is 16.4. The van der Waals surface area contributed by atoms with E-state index in [4.69, 9.17) is 5.11 Å². The zero-order chi connectivity index (χ0) is 13.8. The van der Waals surface area contributed by atoms with Gasteiger partial charge in [0.25, 0.3) is 0 Å². The molecule has 19 heavy (non-hydrogen) atoms. The Morgan fingerprint density at radius 1 is 1.47 bits per heavy atom. The van der Waals surface area contributed by atoms with Crippen LogP contribution in [0.15, 0.2) is 15.9 Å². The van der Waals surface area contributed by atoms with Crippen LogP contribution in [0, 0.1) is 5.92 Å². The summed E-state index contributed by atoms with van der Waals surface area (Å²) in [4.78, 5) is 23.6. The van der Waals surface area contributed by atoms with E-state index in [0.717, 1.165) is 15.8 Å². The Kier molecular flexibility index (Phi) is 4.81. The molecule has 1 saturated carbocycles. The lowest BCUT2D eigenvalue weighted by Gasteiger charge is -2.13. The summed E-state index contributed by atoms with van der Waals surface area (Å²) in [6.07, 6.45) is 1.88. The third kappa shape index (κ3) is 3.94. The number of rotatable bonds is 4. The van der Waals surface area contributed by atoms with E-state index in [0.29, 0.717) is 19.4 Å². The predicted molar refractivity (Wildman–Crippen MR) is 76.2 cm³/mol. The van der Waals surface area contributed by atoms with E-state index in [9.17, 15) is 9.59 Å². The van der Waals surface area contributed by atoms with Crippen molar-refractivity contribution in [3.8, 4) is 0 Å². The van der Waals surface area contributed by atoms with Gasteiger partial charge in [-0.2, -0.15) is 0 Å². The smallest absolute Gasteiger partial charge is 0.315 e. The van der Waals surface area contributed by atoms with Crippen LogP contribution in [0.4, 0.5) is 4.79 Å². The number of amides is 2. The van der Waals surface area contributed by atoms with Crippen LogP contribution in [0.5, 0.6) is 0 Å². The molecule has 2 unspecified atom stereocenters. The number of carboxylic acid groups (broad SMARTS) is 1. The fraction of sp³-hybridized carbons (Fsp3) is 0.500. The molecule has 2 amide bonds. The number of hydrogen-bond acceptors (Lipinski definition) is 3. The molecule has 0 aromatic carbocycles. The first-order chi connectivity index (χ1) is 9.06. The fourth-order valence-corrected chi connectivity index (χ4v) is 3.62. The summed E-state index contributed by atoms with van der Waals surface area (Å²) in [5.74, 6) is -1.09. The van der Waals surface area contributed by atoms with Crippen LogP contribution >= 0.6 is 27.3 Å². The van der Waals surface area contributed by atoms with Gasteiger partial charge in [-0.3, -0.25) is 4.79 Å². The first-order valence-corrected chi connectivity index (χ1v) is 7.72. The number of urea groups is 1. The van der Waals surface area contributed by atoms with E-state index < -0.39 is 5.97 Å². The minimum atomic E-state index is -0.771. The average molecular weight is 347 g/mol. The van der Waals surface area contributed by atoms with Crippen LogP contribution in [-0.2, 0) is 11.3 Å². The predicted octanol–water partition coefficient (Wildman–Crippen LogP) is 2.56. The van der Waals surface area contributed by atoms with Crippen LogP contribution < -0.4 is 10.6 Å². The minimum Gasteiger partial charge on any atom is -0.481 e. The second kappa shape index (κ2) is 6.38. The summed E-state index contributed by atoms with van der Waals surface area (Å²) >= 11 is 4.97. The van der Waals surface area contributed by atoms with Crippen molar-refractivity contribution in [2.24, 2.45) is 5.92 Å². The van der Waals surface area contributed by atoms with Crippen LogP contribution in [0.25, 0.3) is 0 Å². The fourth-order valence-electron chi connectivity index (χ4n) is 2.19. The molecule has 104 valence electrons. The molecule has 7 heteroatoms. The average Bonchev–Trinajstić information content (AvgIpc) is 2.96. The zero-order valence-corrected chi connectivity index (χ0v) is 12.6. The van der Waals surface area contributed by atoms with Gasteiger partial charge < -0.3 is 15.7 Å². The monoisotopic (exact) mass is 346 g/mol. The van der Waals surface area contributed by atoms with Crippen molar-refractivity contribution in [1.82, 2.24) is 10.6 Å². The lowest BCUT2D eigenvalue weighted by Crippen LogP contribution is -2.40. The highest BCUT2D eigenvalue weighted by atomic mass is 79.9. The van der Waals surface area contributed by atoms with Gasteiger partial charge in [0.2, 0.25) is 0 Å². The third-order valence-electron chi connectivity index (χ3n) is 3.22. The highest BCUT2D eigenvalue weighted by molar-refractivity contribution is 9.10. The van der Waals surface area contributed by atoms with E-state index in [2.05, 4.69) is 26.6 Å². The van der Waals surface area contributed by atoms with Crippen LogP contribution in [0.3, 0.4) is 0 Å². The molecular weight excluding hydrogens is 332 g/mol. The number of halogens is 1. The second-order valence-electron chi connectivity index (χ2n) is 4.56. The lowest BCUT2D eigenvalue weighted by molar-refractivity contribution is -0.141. The highest BCUT2D eigenvalue weighted by Gasteiger charge is 2.30. The zero-order valence-electron chi connectivity index (χ0n) is 10.2. The van der Waals surface area contributed by atoms with Gasteiger partial charge in [0, 0.05) is 15.4 Å². The van der Waals surface area contributed by atoms with Crippen molar-refractivity contribution >= 4 is 39.3 Å². The summed E-state index contributed by atoms with van der Waals surface area (Å²) in [6, 6.07) is 1.66. The Morgan fingerprint density at radius 3 is 2.84 bits per heavy atom. The number of carboxylic acids is 1. The van der Waals surface area contributed by atoms with Crippen LogP contribution in [0.1, 0.15) is 24.1 Å². The summed E-state index contributed by atoms with van der Waals surface area (Å²) < 4.78 is 0.990. The van der Waals surface area contributed by atoms with Crippen molar-refractivity contribution in [3.05, 3.63) is 20.8 Å². The normalized spacial score (nSPS) is 22.2. The Balaban J connectivity index is 1.73. The Bertz CT molecular complexity index is 477. The molecule has 0 saturated heterocycles. The highest BCUT2D eigenvalue weighted by Crippen LogP contribution is 2.25. The maximum Gasteiger partial charge on any atom is 0.315 e. The van der Waals surface area contributed by atoms with Crippen molar-refractivity contribution in [2.75, 3.05) is 0 Å². The molecule has 2 atom stereocenters. The Morgan fingerprint density at radius 2 is 2.26 bits per heavy atom. The first-order valence-electron chi connectivity index (χ1n) is 6.05. The maximum absolute atomic E-state index is 11.7. The molecule has 0 aliphatic heterocycles. The van der Waals surface area contributed by atoms with Gasteiger partial charge in [0.1, 0.15) is 0 Å². The van der Waals surface area contributed by atoms with Gasteiger partial charge in [0.05, 0.1) is 12.5 Å². The van der Waals surface area contributed by atoms with E-state index in [1.54, 1.807) is 11.3 Å². The third-order valence-corrected chi connectivity index (χ3v) is 5.14. The van der Waals surface area contributed by atoms with Gasteiger partial charge in [-0.1, -0.05) is 0 Å². The van der Waals surface area contributed by atoms with Crippen LogP contribution in [-0.4, -0.2) is 23.1 Å². The quantitative estimate of drug-likeness (QED) is 0.783. The van der Waals surface area contributed by atoms with E-state index in [-0.39, 0.29) is 18.0 Å². The van der Waals surface area contributed by atoms with Crippen molar-refractivity contribution in [2.45, 2.75) is 31.8 Å². The largest absolute Gasteiger partial charge is 0.481 e. The summed E-state index contributed by atoms with van der Waals surface area (Å²) in [7, 11) is 0. The van der Waals surface area contributed by atoms with Crippen molar-refractivity contribution in [3.63, 3.8) is 0 Å². The van der Waals surface area contributed by atoms with Gasteiger partial charge in [-0.25, -0.2) is 4.79 Å². The molecule has 1 aliphatic carbocycles. The SMILES string of the molecule is O=C(NCc1sccc1Br)NC1CCC(C(=O)O)C1. The number of hydrogen-bond donors (Lipinski definition) is 3. The number of aliphatic carboxylic acids is 1. The second-order valence-corrected chi connectivity index (χ2v) is 6.42. The summed E-state index contributed by atoms with van der Waals surface area (Å²) in [5.41, 5.74) is 0. The van der Waals surface area contributed by atoms with Crippen LogP contribution in [0.2, 0.25) is 0 Å². The standard InChI is InChI=1S/C12H15BrN2O3S/c13-9-3-4-19-10(9)6-14-12(18)15-8-2-1-7(5-8)11(16)17/h3-4,7-8H,1-2,5-6H2,(H,16,17)(H2,14,15,18). The maximum atomic E-state index is 11.7. The van der Waals surface area contributed by atoms with Gasteiger partial charge in [0.15, 0.2) is 0 Å². The minimum absolute atomic E-state index is 0.0344. The van der Waals surface area contributed by atoms with E-state index >= 15 is 0 Å². The van der Waals surface area contributed by atoms with Gasteiger partial charge in [-0.15, -0.1) is 11.3 Å². The van der Waals surface area contributed by atoms with E-state index in [1.165, 1.54) is 0 Å². The number of carbonyl (C=O) groups excluding carboxylic acids is 1. The number of carbonyl (C=O) groups is 2. The molecule has 2 rings (SSSR count). The molecule has 0 bridgehead atoms. The van der Waals surface area contributed by atoms with Gasteiger partial charge in [-0.05, 0) is 46.6 Å². The molecule has 1 aliphatic rings. The number of nitrogens with one attached hydrogen (secondary N) is 2. The Labute approximate surface area is 123 Å². The molecule has 1 aromatic rings. The topological polar surface area (TPSA) is 78.4 Å². The molecule has 0 radical (unpaired) electrons. The molecule has 5 nitrogen and oxygen atoms in total. The molecule has 1 fully saturated rings. The Hall–Kier alpha value is -1.08. The number of thiophene rings is 1. The molecule has 0 spiro atoms. The molecular formula is C12H15BrN2O3S. The van der Waals surface area contributed by atoms with Crippen molar-refractivity contribution in [1.29, 1.82) is 0 Å². The van der Waals surface area contributed by atoms with Crippen molar-refractivity contribution < 1.29 is 14.7 Å². The van der Waals surface area contributed by atoms with Gasteiger partial charge >= 0.3 is 12.0 Å². The first kappa shape index (κ1) is 14.3. The lowest BCUT2D eigenvalue weighted by atomic mass is 10.1. The molecule has 3 N–H and O–H groups in total. The summed E-state index contributed by atoms with van der Waals surface area (Å²) in [6.45, 7) is 0.471. The molecule has 1 aromatic heterocycles.